The van der Waals surface area contributed by atoms with Crippen molar-refractivity contribution in [1.29, 1.82) is 0 Å². The molecule has 6 rings (SSSR count). The van der Waals surface area contributed by atoms with Crippen LogP contribution in [-0.4, -0.2) is 40.6 Å². The molecule has 0 radical (unpaired) electrons. The summed E-state index contributed by atoms with van der Waals surface area (Å²) in [6.07, 6.45) is 5.09. The van der Waals surface area contributed by atoms with Crippen LogP contribution in [0.15, 0.2) is 102 Å². The summed E-state index contributed by atoms with van der Waals surface area (Å²) in [7, 11) is 0. The number of anilines is 2. The fraction of sp³-hybridized carbons (Fsp3) is 0.250. The van der Waals surface area contributed by atoms with Gasteiger partial charge in [-0.25, -0.2) is 4.98 Å². The number of aromatic nitrogens is 2. The Hall–Kier alpha value is -3.96. The lowest BCUT2D eigenvalue weighted by molar-refractivity contribution is 0.227. The van der Waals surface area contributed by atoms with Crippen molar-refractivity contribution >= 4 is 22.4 Å². The summed E-state index contributed by atoms with van der Waals surface area (Å²) in [6, 6.07) is 33.5. The van der Waals surface area contributed by atoms with E-state index in [4.69, 9.17) is 9.98 Å². The summed E-state index contributed by atoms with van der Waals surface area (Å²) in [5.41, 5.74) is 7.19. The number of fused-ring (bicyclic) bond motifs is 2. The highest BCUT2D eigenvalue weighted by Gasteiger charge is 2.16. The lowest BCUT2D eigenvalue weighted by Crippen LogP contribution is -2.31. The van der Waals surface area contributed by atoms with E-state index >= 15 is 0 Å². The second kappa shape index (κ2) is 11.0. The van der Waals surface area contributed by atoms with E-state index in [1.54, 1.807) is 0 Å². The zero-order chi connectivity index (χ0) is 24.9. The Balaban J connectivity index is 1.46. The number of nitrogens with zero attached hydrogens (tertiary/aromatic N) is 4. The number of hydrogen-bond donors (Lipinski definition) is 1. The van der Waals surface area contributed by atoms with Gasteiger partial charge in [0.25, 0.3) is 0 Å². The zero-order valence-corrected chi connectivity index (χ0v) is 21.2. The Morgan fingerprint density at radius 2 is 1.51 bits per heavy atom. The molecule has 0 aromatic heterocycles. The molecule has 1 N–H and O–H groups in total. The summed E-state index contributed by atoms with van der Waals surface area (Å²) < 4.78 is 2.30. The van der Waals surface area contributed by atoms with Crippen LogP contribution in [0.3, 0.4) is 0 Å². The van der Waals surface area contributed by atoms with Crippen LogP contribution < -0.4 is 10.7 Å². The first-order valence-electron chi connectivity index (χ1n) is 13.4. The molecule has 0 unspecified atom stereocenters. The largest absolute Gasteiger partial charge is 0.354 e. The van der Waals surface area contributed by atoms with Gasteiger partial charge in [0, 0.05) is 17.9 Å². The molecule has 3 aliphatic rings. The number of nitrogens with one attached hydrogen (secondary N) is 1. The number of rotatable bonds is 7. The highest BCUT2D eigenvalue weighted by molar-refractivity contribution is 5.84. The first-order valence-corrected chi connectivity index (χ1v) is 13.4. The van der Waals surface area contributed by atoms with Crippen LogP contribution in [0.2, 0.25) is 0 Å². The maximum atomic E-state index is 5.12. The molecule has 5 nitrogen and oxygen atoms in total. The molecular formula is C32H33N5. The Morgan fingerprint density at radius 1 is 0.784 bits per heavy atom. The zero-order valence-electron chi connectivity index (χ0n) is 21.2. The van der Waals surface area contributed by atoms with Gasteiger partial charge in [0.05, 0.1) is 33.5 Å². The maximum Gasteiger partial charge on any atom is 0.0900 e. The quantitative estimate of drug-likeness (QED) is 0.206. The van der Waals surface area contributed by atoms with E-state index in [1.807, 2.05) is 24.3 Å². The minimum atomic E-state index is 0.803. The predicted octanol–water partition coefficient (Wildman–Crippen LogP) is 6.65. The molecular weight excluding hydrogens is 454 g/mol. The Morgan fingerprint density at radius 3 is 2.32 bits per heavy atom. The van der Waals surface area contributed by atoms with Gasteiger partial charge in [-0.3, -0.25) is 4.99 Å². The van der Waals surface area contributed by atoms with E-state index in [0.29, 0.717) is 0 Å². The average Bonchev–Trinajstić information content (AvgIpc) is 2.96. The standard InChI is InChI=1S/C32H33N5/c1-4-13-25(14-5-1)34-29-23-30-32(24-28(29)33-19-12-22-36-20-10-3-11-21-36)37(26-15-6-2-7-16-26)31-18-9-8-17-27(31)35-30/h1-2,4-9,13-18,23-24,34H,3,10-12,19-22H2. The maximum absolute atomic E-state index is 5.12. The van der Waals surface area contributed by atoms with Crippen molar-refractivity contribution in [2.45, 2.75) is 25.7 Å². The predicted molar refractivity (Wildman–Crippen MR) is 153 cm³/mol. The van der Waals surface area contributed by atoms with Crippen molar-refractivity contribution in [3.8, 4) is 17.1 Å². The molecule has 2 heterocycles. The van der Waals surface area contributed by atoms with Gasteiger partial charge in [-0.2, -0.15) is 0 Å². The van der Waals surface area contributed by atoms with Gasteiger partial charge in [0.15, 0.2) is 0 Å². The van der Waals surface area contributed by atoms with Crippen molar-refractivity contribution in [1.82, 2.24) is 14.5 Å². The molecule has 0 bridgehead atoms. The van der Waals surface area contributed by atoms with Crippen molar-refractivity contribution in [3.63, 3.8) is 0 Å². The van der Waals surface area contributed by atoms with Gasteiger partial charge >= 0.3 is 0 Å². The van der Waals surface area contributed by atoms with Crippen molar-refractivity contribution < 1.29 is 0 Å². The lowest BCUT2D eigenvalue weighted by Gasteiger charge is -2.25. The van der Waals surface area contributed by atoms with E-state index in [9.17, 15) is 0 Å². The van der Waals surface area contributed by atoms with E-state index < -0.39 is 0 Å². The van der Waals surface area contributed by atoms with Gasteiger partial charge in [0.1, 0.15) is 0 Å². The minimum absolute atomic E-state index is 0.803. The van der Waals surface area contributed by atoms with Crippen molar-refractivity contribution in [3.05, 3.63) is 102 Å². The first-order chi connectivity index (χ1) is 18.3. The Kier molecular flexibility index (Phi) is 6.95. The monoisotopic (exact) mass is 487 g/mol. The van der Waals surface area contributed by atoms with Crippen LogP contribution in [0.5, 0.6) is 0 Å². The smallest absolute Gasteiger partial charge is 0.0900 e. The molecule has 186 valence electrons. The van der Waals surface area contributed by atoms with Gasteiger partial charge in [-0.1, -0.05) is 55.0 Å². The second-order valence-electron chi connectivity index (χ2n) is 9.76. The van der Waals surface area contributed by atoms with Crippen LogP contribution in [-0.2, 0) is 0 Å². The summed E-state index contributed by atoms with van der Waals surface area (Å²) >= 11 is 0. The van der Waals surface area contributed by atoms with E-state index in [2.05, 4.69) is 87.6 Å². The molecule has 3 aromatic carbocycles. The topological polar surface area (TPSA) is 45.5 Å². The molecule has 0 atom stereocenters. The normalized spacial score (nSPS) is 14.9. The van der Waals surface area contributed by atoms with E-state index in [0.717, 1.165) is 64.4 Å². The number of para-hydroxylation sites is 4. The van der Waals surface area contributed by atoms with Gasteiger partial charge in [0.2, 0.25) is 0 Å². The van der Waals surface area contributed by atoms with Crippen LogP contribution in [0.4, 0.5) is 11.4 Å². The van der Waals surface area contributed by atoms with Crippen LogP contribution in [0.1, 0.15) is 25.7 Å². The second-order valence-corrected chi connectivity index (χ2v) is 9.76. The average molecular weight is 488 g/mol. The fourth-order valence-electron chi connectivity index (χ4n) is 5.28. The summed E-state index contributed by atoms with van der Waals surface area (Å²) in [5, 5.41) is 4.58. The third-order valence-corrected chi connectivity index (χ3v) is 7.13. The number of likely N-dealkylation sites (tertiary alicyclic amines) is 1. The molecule has 2 aliphatic heterocycles. The van der Waals surface area contributed by atoms with Gasteiger partial charge in [-0.15, -0.1) is 0 Å². The lowest BCUT2D eigenvalue weighted by atomic mass is 10.1. The van der Waals surface area contributed by atoms with Gasteiger partial charge in [-0.05, 0) is 87.4 Å². The Labute approximate surface area is 218 Å². The highest BCUT2D eigenvalue weighted by Crippen LogP contribution is 2.30. The number of piperidine rings is 1. The molecule has 1 saturated heterocycles. The number of hydrogen-bond acceptors (Lipinski definition) is 4. The van der Waals surface area contributed by atoms with E-state index in [1.165, 1.54) is 32.4 Å². The van der Waals surface area contributed by atoms with Crippen LogP contribution in [0, 0.1) is 0 Å². The molecule has 37 heavy (non-hydrogen) atoms. The third-order valence-electron chi connectivity index (χ3n) is 7.13. The molecule has 0 spiro atoms. The molecule has 0 saturated carbocycles. The molecule has 1 fully saturated rings. The van der Waals surface area contributed by atoms with Crippen molar-refractivity contribution in [2.24, 2.45) is 4.99 Å². The fourth-order valence-corrected chi connectivity index (χ4v) is 5.28. The Bertz CT molecular complexity index is 1500. The number of benzene rings is 4. The molecule has 1 aliphatic carbocycles. The third kappa shape index (κ3) is 5.27. The summed E-state index contributed by atoms with van der Waals surface area (Å²) in [5.74, 6) is 0. The van der Waals surface area contributed by atoms with Gasteiger partial charge < -0.3 is 14.8 Å². The summed E-state index contributed by atoms with van der Waals surface area (Å²) in [6.45, 7) is 4.38. The molecule has 5 heteroatoms. The first kappa shape index (κ1) is 23.4. The van der Waals surface area contributed by atoms with Crippen molar-refractivity contribution in [2.75, 3.05) is 31.5 Å². The highest BCUT2D eigenvalue weighted by atomic mass is 15.1. The molecule has 0 amide bonds. The van der Waals surface area contributed by atoms with Crippen LogP contribution in [0.25, 0.3) is 28.1 Å². The minimum Gasteiger partial charge on any atom is -0.354 e. The summed E-state index contributed by atoms with van der Waals surface area (Å²) in [4.78, 5) is 12.8. The van der Waals surface area contributed by atoms with Crippen LogP contribution >= 0.6 is 0 Å². The SMILES string of the molecule is c1ccc(Nc2cc3nc4ccccc4n(-c4ccccc4)c-3cc2=NCCCN2CCCCC2)cc1. The van der Waals surface area contributed by atoms with E-state index in [-0.39, 0.29) is 0 Å². The molecule has 3 aromatic rings.